The smallest absolute Gasteiger partial charge is 0.0928 e. The van der Waals surface area contributed by atoms with E-state index >= 15 is 0 Å². The number of piperidine rings is 1. The third-order valence-corrected chi connectivity index (χ3v) is 2.71. The van der Waals surface area contributed by atoms with Gasteiger partial charge >= 0.3 is 0 Å². The van der Waals surface area contributed by atoms with Crippen molar-refractivity contribution in [1.29, 1.82) is 0 Å². The van der Waals surface area contributed by atoms with Crippen molar-refractivity contribution in [3.8, 4) is 0 Å². The largest absolute Gasteiger partial charge is 0.390 e. The summed E-state index contributed by atoms with van der Waals surface area (Å²) in [6.45, 7) is 5.64. The molecule has 3 heteroatoms. The summed E-state index contributed by atoms with van der Waals surface area (Å²) in [4.78, 5) is 2.07. The Labute approximate surface area is 74.0 Å². The van der Waals surface area contributed by atoms with Crippen molar-refractivity contribution >= 4 is 0 Å². The predicted octanol–water partition coefficient (Wildman–Crippen LogP) is -0.0742. The second kappa shape index (κ2) is 3.73. The molecule has 0 bridgehead atoms. The molecule has 0 spiro atoms. The van der Waals surface area contributed by atoms with E-state index in [9.17, 15) is 10.2 Å². The average molecular weight is 173 g/mol. The van der Waals surface area contributed by atoms with Gasteiger partial charge in [-0.3, -0.25) is 0 Å². The monoisotopic (exact) mass is 173 g/mol. The maximum Gasteiger partial charge on any atom is 0.0928 e. The van der Waals surface area contributed by atoms with Gasteiger partial charge in [0.1, 0.15) is 0 Å². The topological polar surface area (TPSA) is 43.7 Å². The van der Waals surface area contributed by atoms with E-state index in [1.807, 2.05) is 7.05 Å². The second-order valence-corrected chi connectivity index (χ2v) is 4.19. The summed E-state index contributed by atoms with van der Waals surface area (Å²) in [7, 11) is 1.98. The molecule has 3 nitrogen and oxygen atoms in total. The Morgan fingerprint density at radius 3 is 2.33 bits per heavy atom. The van der Waals surface area contributed by atoms with Crippen molar-refractivity contribution in [3.63, 3.8) is 0 Å². The van der Waals surface area contributed by atoms with Crippen LogP contribution in [0.2, 0.25) is 0 Å². The molecule has 1 saturated heterocycles. The van der Waals surface area contributed by atoms with Gasteiger partial charge in [0.2, 0.25) is 0 Å². The number of hydrogen-bond acceptors (Lipinski definition) is 3. The number of aliphatic hydroxyl groups is 2. The zero-order valence-electron chi connectivity index (χ0n) is 8.07. The lowest BCUT2D eigenvalue weighted by molar-refractivity contribution is -0.0800. The highest BCUT2D eigenvalue weighted by molar-refractivity contribution is 4.86. The van der Waals surface area contributed by atoms with Crippen molar-refractivity contribution < 1.29 is 10.2 Å². The Bertz CT molecular complexity index is 149. The highest BCUT2D eigenvalue weighted by atomic mass is 16.3. The van der Waals surface area contributed by atoms with E-state index in [0.29, 0.717) is 12.5 Å². The first-order valence-corrected chi connectivity index (χ1v) is 4.57. The van der Waals surface area contributed by atoms with Crippen LogP contribution in [-0.2, 0) is 0 Å². The summed E-state index contributed by atoms with van der Waals surface area (Å²) in [6, 6.07) is 0. The molecule has 1 aliphatic heterocycles. The molecule has 0 aliphatic carbocycles. The molecular weight excluding hydrogens is 154 g/mol. The molecule has 12 heavy (non-hydrogen) atoms. The molecule has 0 aromatic rings. The first-order chi connectivity index (χ1) is 5.52. The maximum absolute atomic E-state index is 9.65. The van der Waals surface area contributed by atoms with Crippen molar-refractivity contribution in [2.24, 2.45) is 11.8 Å². The van der Waals surface area contributed by atoms with Crippen LogP contribution in [0, 0.1) is 11.8 Å². The van der Waals surface area contributed by atoms with Crippen LogP contribution in [0.1, 0.15) is 13.8 Å². The van der Waals surface area contributed by atoms with Gasteiger partial charge in [-0.15, -0.1) is 0 Å². The Kier molecular flexibility index (Phi) is 3.09. The molecule has 0 aromatic heterocycles. The maximum atomic E-state index is 9.65. The lowest BCUT2D eigenvalue weighted by Crippen LogP contribution is -2.52. The minimum Gasteiger partial charge on any atom is -0.390 e. The third-order valence-electron chi connectivity index (χ3n) is 2.71. The Balaban J connectivity index is 2.60. The lowest BCUT2D eigenvalue weighted by Gasteiger charge is -2.39. The van der Waals surface area contributed by atoms with Gasteiger partial charge in [0.25, 0.3) is 0 Å². The number of likely N-dealkylation sites (N-methyl/N-ethyl adjacent to an activating group) is 1. The van der Waals surface area contributed by atoms with Gasteiger partial charge in [-0.2, -0.15) is 0 Å². The number of nitrogens with zero attached hydrogens (tertiary/aromatic N) is 1. The molecule has 1 rings (SSSR count). The molecular formula is C9H19NO2. The molecule has 1 aliphatic rings. The van der Waals surface area contributed by atoms with Crippen LogP contribution in [0.5, 0.6) is 0 Å². The summed E-state index contributed by atoms with van der Waals surface area (Å²) in [6.07, 6.45) is -1.11. The predicted molar refractivity (Wildman–Crippen MR) is 47.8 cm³/mol. The van der Waals surface area contributed by atoms with Crippen LogP contribution in [0.25, 0.3) is 0 Å². The molecule has 3 unspecified atom stereocenters. The minimum absolute atomic E-state index is 0.207. The molecule has 3 atom stereocenters. The number of rotatable bonds is 1. The SMILES string of the molecule is CC(C)C1CN(C)CC(O)C1O. The summed E-state index contributed by atoms with van der Waals surface area (Å²) in [5.41, 5.74) is 0. The van der Waals surface area contributed by atoms with Crippen LogP contribution in [0.3, 0.4) is 0 Å². The Morgan fingerprint density at radius 2 is 1.83 bits per heavy atom. The molecule has 0 radical (unpaired) electrons. The number of likely N-dealkylation sites (tertiary alicyclic amines) is 1. The van der Waals surface area contributed by atoms with E-state index in [2.05, 4.69) is 18.7 Å². The van der Waals surface area contributed by atoms with Crippen molar-refractivity contribution in [2.75, 3.05) is 20.1 Å². The van der Waals surface area contributed by atoms with Crippen LogP contribution in [0.4, 0.5) is 0 Å². The van der Waals surface area contributed by atoms with E-state index in [1.54, 1.807) is 0 Å². The summed E-state index contributed by atoms with van der Waals surface area (Å²) < 4.78 is 0. The normalized spacial score (nSPS) is 39.0. The van der Waals surface area contributed by atoms with Crippen LogP contribution in [0.15, 0.2) is 0 Å². The second-order valence-electron chi connectivity index (χ2n) is 4.19. The number of hydrogen-bond donors (Lipinski definition) is 2. The Morgan fingerprint density at radius 1 is 1.25 bits per heavy atom. The van der Waals surface area contributed by atoms with Gasteiger partial charge in [0.15, 0.2) is 0 Å². The highest BCUT2D eigenvalue weighted by Crippen LogP contribution is 2.23. The van der Waals surface area contributed by atoms with Gasteiger partial charge in [0.05, 0.1) is 12.2 Å². The van der Waals surface area contributed by atoms with Gasteiger partial charge in [-0.05, 0) is 13.0 Å². The van der Waals surface area contributed by atoms with E-state index < -0.39 is 12.2 Å². The van der Waals surface area contributed by atoms with E-state index in [-0.39, 0.29) is 5.92 Å². The Hall–Kier alpha value is -0.120. The molecule has 1 heterocycles. The molecule has 0 amide bonds. The van der Waals surface area contributed by atoms with Crippen LogP contribution < -0.4 is 0 Å². The van der Waals surface area contributed by atoms with E-state index in [0.717, 1.165) is 6.54 Å². The minimum atomic E-state index is -0.573. The standard InChI is InChI=1S/C9H19NO2/c1-6(2)7-4-10(3)5-8(11)9(7)12/h6-9,11-12H,4-5H2,1-3H3. The first-order valence-electron chi connectivity index (χ1n) is 4.57. The third kappa shape index (κ3) is 1.97. The van der Waals surface area contributed by atoms with E-state index in [4.69, 9.17) is 0 Å². The molecule has 0 saturated carbocycles. The molecule has 1 fully saturated rings. The first kappa shape index (κ1) is 9.96. The summed E-state index contributed by atoms with van der Waals surface area (Å²) in [5.74, 6) is 0.635. The fraction of sp³-hybridized carbons (Fsp3) is 1.00. The van der Waals surface area contributed by atoms with Crippen LogP contribution >= 0.6 is 0 Å². The molecule has 2 N–H and O–H groups in total. The lowest BCUT2D eigenvalue weighted by atomic mass is 9.84. The van der Waals surface area contributed by atoms with Gasteiger partial charge in [-0.1, -0.05) is 13.8 Å². The zero-order valence-corrected chi connectivity index (χ0v) is 8.07. The molecule has 0 aromatic carbocycles. The van der Waals surface area contributed by atoms with Gasteiger partial charge in [-0.25, -0.2) is 0 Å². The fourth-order valence-electron chi connectivity index (χ4n) is 1.86. The zero-order chi connectivity index (χ0) is 9.30. The van der Waals surface area contributed by atoms with Crippen molar-refractivity contribution in [1.82, 2.24) is 4.90 Å². The summed E-state index contributed by atoms with van der Waals surface area (Å²) >= 11 is 0. The van der Waals surface area contributed by atoms with Gasteiger partial charge in [0, 0.05) is 19.0 Å². The highest BCUT2D eigenvalue weighted by Gasteiger charge is 2.34. The fourth-order valence-corrected chi connectivity index (χ4v) is 1.86. The van der Waals surface area contributed by atoms with Gasteiger partial charge < -0.3 is 15.1 Å². The quantitative estimate of drug-likeness (QED) is 0.583. The number of aliphatic hydroxyl groups excluding tert-OH is 2. The summed E-state index contributed by atoms with van der Waals surface area (Å²) in [5, 5.41) is 19.1. The number of β-amino-alcohol motifs (C(OH)–C–C–N with tert-alkyl or cyclic N) is 1. The van der Waals surface area contributed by atoms with Crippen molar-refractivity contribution in [3.05, 3.63) is 0 Å². The van der Waals surface area contributed by atoms with E-state index in [1.165, 1.54) is 0 Å². The molecule has 72 valence electrons. The van der Waals surface area contributed by atoms with Crippen LogP contribution in [-0.4, -0.2) is 47.5 Å². The van der Waals surface area contributed by atoms with Crippen molar-refractivity contribution in [2.45, 2.75) is 26.1 Å². The average Bonchev–Trinajstić information content (AvgIpc) is 1.96.